The van der Waals surface area contributed by atoms with Crippen LogP contribution in [-0.2, 0) is 17.4 Å². The molecule has 1 rings (SSSR count). The van der Waals surface area contributed by atoms with Gasteiger partial charge in [-0.2, -0.15) is 13.2 Å². The van der Waals surface area contributed by atoms with Crippen molar-refractivity contribution >= 4 is 22.8 Å². The zero-order valence-corrected chi connectivity index (χ0v) is 13.7. The maximum absolute atomic E-state index is 13.2. The van der Waals surface area contributed by atoms with Crippen LogP contribution in [0.1, 0.15) is 54.5 Å². The first-order valence-corrected chi connectivity index (χ1v) is 7.51. The topological polar surface area (TPSA) is 67.3 Å². The number of hydrogen-bond donors (Lipinski definition) is 1. The molecule has 0 aliphatic carbocycles. The summed E-state index contributed by atoms with van der Waals surface area (Å²) in [4.78, 5) is 24.8. The number of pyridine rings is 1. The molecule has 134 valence electrons. The molecule has 1 heterocycles. The van der Waals surface area contributed by atoms with Crippen molar-refractivity contribution in [3.8, 4) is 0 Å². The van der Waals surface area contributed by atoms with E-state index < -0.39 is 51.1 Å². The number of rotatable bonds is 5. The van der Waals surface area contributed by atoms with Crippen LogP contribution < -0.4 is 0 Å². The van der Waals surface area contributed by atoms with Crippen molar-refractivity contribution in [2.24, 2.45) is 5.92 Å². The number of aromatic carboxylic acids is 1. The lowest BCUT2D eigenvalue weighted by Gasteiger charge is -2.20. The van der Waals surface area contributed by atoms with Crippen LogP contribution in [0.4, 0.5) is 22.0 Å². The van der Waals surface area contributed by atoms with E-state index in [1.54, 1.807) is 13.8 Å². The highest BCUT2D eigenvalue weighted by molar-refractivity contribution is 8.13. The van der Waals surface area contributed by atoms with Crippen molar-refractivity contribution in [2.45, 2.75) is 44.7 Å². The van der Waals surface area contributed by atoms with E-state index in [1.807, 2.05) is 0 Å². The summed E-state index contributed by atoms with van der Waals surface area (Å²) in [7, 11) is 0. The number of hydrogen-bond acceptors (Lipinski definition) is 4. The van der Waals surface area contributed by atoms with Crippen LogP contribution in [0.25, 0.3) is 0 Å². The molecule has 0 unspecified atom stereocenters. The molecule has 0 spiro atoms. The Bertz CT molecular complexity index is 659. The van der Waals surface area contributed by atoms with Gasteiger partial charge in [0, 0.05) is 6.92 Å². The molecule has 0 aromatic carbocycles. The predicted octanol–water partition coefficient (Wildman–Crippen LogP) is 4.57. The molecule has 0 atom stereocenters. The third-order valence-electron chi connectivity index (χ3n) is 2.83. The number of alkyl halides is 5. The van der Waals surface area contributed by atoms with Gasteiger partial charge in [0.1, 0.15) is 5.69 Å². The first kappa shape index (κ1) is 20.3. The largest absolute Gasteiger partial charge is 0.478 e. The summed E-state index contributed by atoms with van der Waals surface area (Å²) in [6.45, 7) is 4.17. The van der Waals surface area contributed by atoms with Gasteiger partial charge in [0.25, 0.3) is 6.43 Å². The fraction of sp³-hybridized carbons (Fsp3) is 0.500. The summed E-state index contributed by atoms with van der Waals surface area (Å²) < 4.78 is 65.8. The van der Waals surface area contributed by atoms with Gasteiger partial charge in [-0.25, -0.2) is 18.6 Å². The number of carbonyl (C=O) groups excluding carboxylic acids is 1. The predicted molar refractivity (Wildman–Crippen MR) is 76.2 cm³/mol. The molecule has 0 bridgehead atoms. The number of carboxylic acids is 1. The summed E-state index contributed by atoms with van der Waals surface area (Å²) in [5.74, 6) is -2.14. The van der Waals surface area contributed by atoms with Gasteiger partial charge in [0.05, 0.1) is 10.5 Å². The minimum Gasteiger partial charge on any atom is -0.478 e. The SMILES string of the molecule is CC(=O)Sc1c(C(F)(F)F)nc(C(F)F)c(C(=O)O)c1CC(C)C. The van der Waals surface area contributed by atoms with Gasteiger partial charge >= 0.3 is 12.1 Å². The average molecular weight is 371 g/mol. The third-order valence-corrected chi connectivity index (χ3v) is 3.76. The van der Waals surface area contributed by atoms with Gasteiger partial charge in [-0.1, -0.05) is 13.8 Å². The van der Waals surface area contributed by atoms with Crippen LogP contribution in [0.15, 0.2) is 4.90 Å². The molecule has 1 aromatic heterocycles. The van der Waals surface area contributed by atoms with E-state index in [0.717, 1.165) is 6.92 Å². The van der Waals surface area contributed by atoms with Crippen molar-refractivity contribution in [2.75, 3.05) is 0 Å². The highest BCUT2D eigenvalue weighted by atomic mass is 32.2. The van der Waals surface area contributed by atoms with Crippen molar-refractivity contribution in [1.82, 2.24) is 4.98 Å². The molecular formula is C14H14F5NO3S. The Kier molecular flexibility index (Phi) is 6.32. The third kappa shape index (κ3) is 4.65. The minimum atomic E-state index is -5.11. The molecule has 4 nitrogen and oxygen atoms in total. The molecule has 0 amide bonds. The summed E-state index contributed by atoms with van der Waals surface area (Å²) >= 11 is 0.143. The van der Waals surface area contributed by atoms with Gasteiger partial charge in [-0.3, -0.25) is 4.79 Å². The fourth-order valence-electron chi connectivity index (χ4n) is 2.08. The smallest absolute Gasteiger partial charge is 0.434 e. The van der Waals surface area contributed by atoms with Crippen LogP contribution in [0.5, 0.6) is 0 Å². The summed E-state index contributed by atoms with van der Waals surface area (Å²) in [6, 6.07) is 0. The van der Waals surface area contributed by atoms with E-state index in [0.29, 0.717) is 0 Å². The van der Waals surface area contributed by atoms with Gasteiger partial charge in [0.15, 0.2) is 10.8 Å². The Morgan fingerprint density at radius 3 is 2.12 bits per heavy atom. The second-order valence-electron chi connectivity index (χ2n) is 5.32. The Labute approximate surface area is 138 Å². The van der Waals surface area contributed by atoms with Crippen LogP contribution >= 0.6 is 11.8 Å². The van der Waals surface area contributed by atoms with Crippen molar-refractivity contribution in [3.63, 3.8) is 0 Å². The van der Waals surface area contributed by atoms with Gasteiger partial charge < -0.3 is 5.11 Å². The van der Waals surface area contributed by atoms with Crippen molar-refractivity contribution in [1.29, 1.82) is 0 Å². The summed E-state index contributed by atoms with van der Waals surface area (Å²) in [5, 5.41) is 8.47. The molecule has 0 saturated heterocycles. The van der Waals surface area contributed by atoms with Gasteiger partial charge in [-0.05, 0) is 29.7 Å². The highest BCUT2D eigenvalue weighted by Crippen LogP contribution is 2.42. The number of aromatic nitrogens is 1. The minimum absolute atomic E-state index is 0.143. The zero-order chi connectivity index (χ0) is 18.8. The van der Waals surface area contributed by atoms with Crippen LogP contribution in [0, 0.1) is 5.92 Å². The number of nitrogens with zero attached hydrogens (tertiary/aromatic N) is 1. The molecule has 1 N–H and O–H groups in total. The summed E-state index contributed by atoms with van der Waals surface area (Å²) in [5.41, 5.74) is -4.54. The molecule has 1 aromatic rings. The molecule has 0 aliphatic heterocycles. The van der Waals surface area contributed by atoms with E-state index in [4.69, 9.17) is 0 Å². The molecule has 10 heteroatoms. The van der Waals surface area contributed by atoms with Gasteiger partial charge in [-0.15, -0.1) is 0 Å². The standard InChI is InChI=1S/C14H14F5NO3S/c1-5(2)4-7-8(13(22)23)9(12(15)16)20-11(14(17,18)19)10(7)24-6(3)21/h5,12H,4H2,1-3H3,(H,22,23). The molecule has 0 saturated carbocycles. The number of carbonyl (C=O) groups is 2. The first-order chi connectivity index (χ1) is 10.9. The van der Waals surface area contributed by atoms with Crippen molar-refractivity contribution < 1.29 is 36.6 Å². The second kappa shape index (κ2) is 7.45. The highest BCUT2D eigenvalue weighted by Gasteiger charge is 2.41. The van der Waals surface area contributed by atoms with E-state index in [2.05, 4.69) is 4.98 Å². The Morgan fingerprint density at radius 2 is 1.79 bits per heavy atom. The summed E-state index contributed by atoms with van der Waals surface area (Å²) in [6.07, 6.45) is -8.83. The lowest BCUT2D eigenvalue weighted by molar-refractivity contribution is -0.143. The van der Waals surface area contributed by atoms with Crippen molar-refractivity contribution in [3.05, 3.63) is 22.5 Å². The Morgan fingerprint density at radius 1 is 1.25 bits per heavy atom. The van der Waals surface area contributed by atoms with Crippen LogP contribution in [0.3, 0.4) is 0 Å². The molecular weight excluding hydrogens is 357 g/mol. The van der Waals surface area contributed by atoms with E-state index in [1.165, 1.54) is 0 Å². The molecule has 24 heavy (non-hydrogen) atoms. The lowest BCUT2D eigenvalue weighted by Crippen LogP contribution is -2.20. The molecule has 0 radical (unpaired) electrons. The number of halogens is 5. The van der Waals surface area contributed by atoms with Crippen LogP contribution in [-0.4, -0.2) is 21.2 Å². The second-order valence-corrected chi connectivity index (χ2v) is 6.51. The zero-order valence-electron chi connectivity index (χ0n) is 12.9. The van der Waals surface area contributed by atoms with Gasteiger partial charge in [0.2, 0.25) is 0 Å². The first-order valence-electron chi connectivity index (χ1n) is 6.70. The monoisotopic (exact) mass is 371 g/mol. The van der Waals surface area contributed by atoms with Crippen LogP contribution in [0.2, 0.25) is 0 Å². The maximum atomic E-state index is 13.2. The number of thioether (sulfide) groups is 1. The fourth-order valence-corrected chi connectivity index (χ4v) is 2.94. The molecule has 0 fully saturated rings. The lowest BCUT2D eigenvalue weighted by atomic mass is 9.96. The Hall–Kier alpha value is -1.71. The van der Waals surface area contributed by atoms with E-state index in [9.17, 15) is 36.6 Å². The maximum Gasteiger partial charge on any atom is 0.434 e. The van der Waals surface area contributed by atoms with E-state index in [-0.39, 0.29) is 24.1 Å². The number of carboxylic acid groups (broad SMARTS) is 1. The quantitative estimate of drug-likeness (QED) is 0.606. The Balaban J connectivity index is 3.95. The molecule has 0 aliphatic rings. The normalized spacial score (nSPS) is 12.1. The average Bonchev–Trinajstić information content (AvgIpc) is 2.36. The van der Waals surface area contributed by atoms with E-state index >= 15 is 0 Å².